The van der Waals surface area contributed by atoms with Crippen LogP contribution in [-0.2, 0) is 4.79 Å². The molecule has 1 aromatic carbocycles. The molecule has 0 saturated heterocycles. The highest BCUT2D eigenvalue weighted by Crippen LogP contribution is 2.19. The predicted octanol–water partition coefficient (Wildman–Crippen LogP) is 2.63. The molecular weight excluding hydrogens is 230 g/mol. The number of carbonyl (C=O) groups is 1. The summed E-state index contributed by atoms with van der Waals surface area (Å²) < 4.78 is 0. The van der Waals surface area contributed by atoms with Crippen molar-refractivity contribution < 1.29 is 4.79 Å². The second kappa shape index (κ2) is 6.14. The maximum Gasteiger partial charge on any atom is 0.245 e. The summed E-state index contributed by atoms with van der Waals surface area (Å²) in [7, 11) is 0. The average molecular weight is 249 g/mol. The van der Waals surface area contributed by atoms with Crippen LogP contribution in [0, 0.1) is 18.8 Å². The topological polar surface area (TPSA) is 61.8 Å². The van der Waals surface area contributed by atoms with Crippen molar-refractivity contribution >= 4 is 11.6 Å². The molecular formula is C13H19N3O2. The Morgan fingerprint density at radius 2 is 1.89 bits per heavy atom. The van der Waals surface area contributed by atoms with Gasteiger partial charge in [0.1, 0.15) is 6.54 Å². The molecule has 0 bridgehead atoms. The molecule has 0 fully saturated rings. The summed E-state index contributed by atoms with van der Waals surface area (Å²) in [6.45, 7) is 7.46. The Kier molecular flexibility index (Phi) is 4.83. The van der Waals surface area contributed by atoms with Crippen LogP contribution in [0.1, 0.15) is 25.0 Å². The van der Waals surface area contributed by atoms with Gasteiger partial charge in [0, 0.05) is 11.7 Å². The fourth-order valence-corrected chi connectivity index (χ4v) is 1.64. The van der Waals surface area contributed by atoms with E-state index in [1.807, 2.05) is 45.9 Å². The fraction of sp³-hybridized carbons (Fsp3) is 0.462. The lowest BCUT2D eigenvalue weighted by Crippen LogP contribution is -2.34. The van der Waals surface area contributed by atoms with E-state index in [-0.39, 0.29) is 18.5 Å². The standard InChI is InChI=1S/C13H19N3O2/c1-9(2)16(15-18)8-12(17)14-13-10(3)6-5-7-11(13)4/h5-7,9H,8H2,1-4H3,(H,14,17). The van der Waals surface area contributed by atoms with Gasteiger partial charge in [-0.05, 0) is 38.8 Å². The third-order valence-electron chi connectivity index (χ3n) is 2.75. The fourth-order valence-electron chi connectivity index (χ4n) is 1.64. The van der Waals surface area contributed by atoms with Crippen LogP contribution >= 0.6 is 0 Å². The summed E-state index contributed by atoms with van der Waals surface area (Å²) in [4.78, 5) is 22.4. The SMILES string of the molecule is Cc1cccc(C)c1NC(=O)CN(N=O)C(C)C. The highest BCUT2D eigenvalue weighted by atomic mass is 16.3. The van der Waals surface area contributed by atoms with Gasteiger partial charge in [-0.25, -0.2) is 5.01 Å². The molecule has 0 aliphatic heterocycles. The van der Waals surface area contributed by atoms with Crippen molar-refractivity contribution in [3.8, 4) is 0 Å². The first kappa shape index (κ1) is 14.2. The van der Waals surface area contributed by atoms with Gasteiger partial charge in [0.15, 0.2) is 0 Å². The zero-order valence-corrected chi connectivity index (χ0v) is 11.2. The molecule has 0 aliphatic carbocycles. The average Bonchev–Trinajstić information content (AvgIpc) is 2.30. The molecule has 5 heteroatoms. The Hall–Kier alpha value is -1.91. The van der Waals surface area contributed by atoms with Crippen molar-refractivity contribution in [2.24, 2.45) is 5.29 Å². The van der Waals surface area contributed by atoms with E-state index in [4.69, 9.17) is 0 Å². The number of rotatable bonds is 5. The van der Waals surface area contributed by atoms with Crippen molar-refractivity contribution in [2.45, 2.75) is 33.7 Å². The third-order valence-corrected chi connectivity index (χ3v) is 2.75. The van der Waals surface area contributed by atoms with Gasteiger partial charge in [-0.1, -0.05) is 18.2 Å². The molecule has 1 amide bonds. The van der Waals surface area contributed by atoms with Crippen LogP contribution in [0.4, 0.5) is 5.69 Å². The number of nitrogens with one attached hydrogen (secondary N) is 1. The molecule has 1 N–H and O–H groups in total. The highest BCUT2D eigenvalue weighted by molar-refractivity contribution is 5.93. The van der Waals surface area contributed by atoms with E-state index in [0.29, 0.717) is 0 Å². The number of anilines is 1. The van der Waals surface area contributed by atoms with Crippen LogP contribution in [-0.4, -0.2) is 23.5 Å². The van der Waals surface area contributed by atoms with Gasteiger partial charge in [-0.15, -0.1) is 4.91 Å². The van der Waals surface area contributed by atoms with E-state index in [2.05, 4.69) is 10.6 Å². The number of para-hydroxylation sites is 1. The normalized spacial score (nSPS) is 10.3. The summed E-state index contributed by atoms with van der Waals surface area (Å²) in [5.74, 6) is -0.235. The predicted molar refractivity (Wildman–Crippen MR) is 72.2 cm³/mol. The smallest absolute Gasteiger partial charge is 0.245 e. The Bertz CT molecular complexity index is 424. The first-order chi connectivity index (χ1) is 8.45. The van der Waals surface area contributed by atoms with E-state index in [9.17, 15) is 9.70 Å². The van der Waals surface area contributed by atoms with Crippen LogP contribution < -0.4 is 5.32 Å². The monoisotopic (exact) mass is 249 g/mol. The van der Waals surface area contributed by atoms with Crippen molar-refractivity contribution in [2.75, 3.05) is 11.9 Å². The Labute approximate surface area is 107 Å². The second-order valence-electron chi connectivity index (χ2n) is 4.59. The first-order valence-corrected chi connectivity index (χ1v) is 5.91. The summed E-state index contributed by atoms with van der Waals surface area (Å²) in [6.07, 6.45) is 0. The van der Waals surface area contributed by atoms with Crippen molar-refractivity contribution in [1.29, 1.82) is 0 Å². The van der Waals surface area contributed by atoms with Crippen LogP contribution in [0.2, 0.25) is 0 Å². The molecule has 98 valence electrons. The molecule has 0 spiro atoms. The first-order valence-electron chi connectivity index (χ1n) is 5.91. The third kappa shape index (κ3) is 3.55. The minimum Gasteiger partial charge on any atom is -0.324 e. The van der Waals surface area contributed by atoms with Crippen molar-refractivity contribution in [1.82, 2.24) is 5.01 Å². The van der Waals surface area contributed by atoms with Crippen molar-refractivity contribution in [3.63, 3.8) is 0 Å². The van der Waals surface area contributed by atoms with Gasteiger partial charge in [0.2, 0.25) is 5.91 Å². The lowest BCUT2D eigenvalue weighted by molar-refractivity contribution is -0.117. The summed E-state index contributed by atoms with van der Waals surface area (Å²) in [6, 6.07) is 5.71. The van der Waals surface area contributed by atoms with Gasteiger partial charge in [-0.2, -0.15) is 0 Å². The lowest BCUT2D eigenvalue weighted by Gasteiger charge is -2.19. The molecule has 0 radical (unpaired) electrons. The zero-order chi connectivity index (χ0) is 13.7. The summed E-state index contributed by atoms with van der Waals surface area (Å²) in [5, 5.41) is 6.87. The summed E-state index contributed by atoms with van der Waals surface area (Å²) >= 11 is 0. The van der Waals surface area contributed by atoms with Crippen LogP contribution in [0.15, 0.2) is 23.5 Å². The number of amides is 1. The number of hydrogen-bond donors (Lipinski definition) is 1. The number of nitrogens with zero attached hydrogens (tertiary/aromatic N) is 2. The number of hydrogen-bond acceptors (Lipinski definition) is 3. The Morgan fingerprint density at radius 3 is 2.33 bits per heavy atom. The van der Waals surface area contributed by atoms with E-state index in [0.717, 1.165) is 16.8 Å². The summed E-state index contributed by atoms with van der Waals surface area (Å²) in [5.41, 5.74) is 2.80. The van der Waals surface area contributed by atoms with Crippen LogP contribution in [0.3, 0.4) is 0 Å². The zero-order valence-electron chi connectivity index (χ0n) is 11.2. The van der Waals surface area contributed by atoms with E-state index in [1.165, 1.54) is 5.01 Å². The largest absolute Gasteiger partial charge is 0.324 e. The van der Waals surface area contributed by atoms with Gasteiger partial charge < -0.3 is 5.32 Å². The maximum atomic E-state index is 11.8. The van der Waals surface area contributed by atoms with E-state index in [1.54, 1.807) is 0 Å². The van der Waals surface area contributed by atoms with Gasteiger partial charge in [-0.3, -0.25) is 4.79 Å². The minimum absolute atomic E-state index is 0.0328. The molecule has 0 atom stereocenters. The molecule has 1 aromatic rings. The van der Waals surface area contributed by atoms with Gasteiger partial charge >= 0.3 is 0 Å². The quantitative estimate of drug-likeness (QED) is 0.644. The molecule has 0 aromatic heterocycles. The number of benzene rings is 1. The van der Waals surface area contributed by atoms with E-state index >= 15 is 0 Å². The Morgan fingerprint density at radius 1 is 1.33 bits per heavy atom. The number of aryl methyl sites for hydroxylation is 2. The van der Waals surface area contributed by atoms with E-state index < -0.39 is 0 Å². The highest BCUT2D eigenvalue weighted by Gasteiger charge is 2.14. The van der Waals surface area contributed by atoms with Gasteiger partial charge in [0.25, 0.3) is 0 Å². The van der Waals surface area contributed by atoms with Crippen molar-refractivity contribution in [3.05, 3.63) is 34.2 Å². The lowest BCUT2D eigenvalue weighted by atomic mass is 10.1. The molecule has 0 unspecified atom stereocenters. The second-order valence-corrected chi connectivity index (χ2v) is 4.59. The van der Waals surface area contributed by atoms with Crippen LogP contribution in [0.25, 0.3) is 0 Å². The molecule has 18 heavy (non-hydrogen) atoms. The maximum absolute atomic E-state index is 11.8. The minimum atomic E-state index is -0.235. The van der Waals surface area contributed by atoms with Gasteiger partial charge in [0.05, 0.1) is 5.29 Å². The molecule has 0 aliphatic rings. The number of nitroso groups, excluding NO2 is 1. The molecule has 5 nitrogen and oxygen atoms in total. The molecule has 0 saturated carbocycles. The molecule has 1 rings (SSSR count). The molecule has 0 heterocycles. The van der Waals surface area contributed by atoms with Crippen LogP contribution in [0.5, 0.6) is 0 Å². The Balaban J connectivity index is 2.73. The number of carbonyl (C=O) groups excluding carboxylic acids is 1.